The van der Waals surface area contributed by atoms with E-state index in [0.717, 1.165) is 0 Å². The van der Waals surface area contributed by atoms with Gasteiger partial charge < -0.3 is 15.0 Å². The zero-order chi connectivity index (χ0) is 20.7. The van der Waals surface area contributed by atoms with Crippen molar-refractivity contribution in [3.8, 4) is 0 Å². The summed E-state index contributed by atoms with van der Waals surface area (Å²) in [5.74, 6) is -0.350. The standard InChI is InChI=1S/C17H21N5O5S/c1-4-27-17(24)18-11-12-5-7-13(8-6-12)28(25,26)21-16(23)14-9-10-15(20-19-14)22(2)3/h5-10H,4,11H2,1-3H3,(H,18,24)(H,21,23). The van der Waals surface area contributed by atoms with E-state index in [4.69, 9.17) is 4.74 Å². The van der Waals surface area contributed by atoms with Crippen LogP contribution in [0.25, 0.3) is 0 Å². The van der Waals surface area contributed by atoms with Crippen molar-refractivity contribution >= 4 is 27.8 Å². The van der Waals surface area contributed by atoms with E-state index >= 15 is 0 Å². The summed E-state index contributed by atoms with van der Waals surface area (Å²) < 4.78 is 31.4. The van der Waals surface area contributed by atoms with Gasteiger partial charge in [-0.05, 0) is 36.8 Å². The molecule has 0 aliphatic heterocycles. The maximum Gasteiger partial charge on any atom is 0.407 e. The number of carbonyl (C=O) groups is 2. The van der Waals surface area contributed by atoms with Crippen LogP contribution in [-0.2, 0) is 21.3 Å². The molecular weight excluding hydrogens is 386 g/mol. The van der Waals surface area contributed by atoms with E-state index in [1.54, 1.807) is 32.0 Å². The Morgan fingerprint density at radius 3 is 2.29 bits per heavy atom. The van der Waals surface area contributed by atoms with Crippen molar-refractivity contribution in [1.29, 1.82) is 0 Å². The summed E-state index contributed by atoms with van der Waals surface area (Å²) in [5, 5.41) is 10.1. The number of hydrogen-bond donors (Lipinski definition) is 2. The Morgan fingerprint density at radius 1 is 1.07 bits per heavy atom. The third-order valence-corrected chi connectivity index (χ3v) is 4.86. The number of aromatic nitrogens is 2. The average Bonchev–Trinajstić information content (AvgIpc) is 2.66. The Hall–Kier alpha value is -3.21. The Labute approximate surface area is 163 Å². The monoisotopic (exact) mass is 407 g/mol. The van der Waals surface area contributed by atoms with Crippen molar-refractivity contribution in [3.63, 3.8) is 0 Å². The highest BCUT2D eigenvalue weighted by molar-refractivity contribution is 7.90. The van der Waals surface area contributed by atoms with Crippen LogP contribution < -0.4 is 14.9 Å². The van der Waals surface area contributed by atoms with Crippen LogP contribution in [0.3, 0.4) is 0 Å². The van der Waals surface area contributed by atoms with Gasteiger partial charge in [0.25, 0.3) is 15.9 Å². The number of ether oxygens (including phenoxy) is 1. The van der Waals surface area contributed by atoms with Crippen molar-refractivity contribution in [2.24, 2.45) is 0 Å². The first-order valence-corrected chi connectivity index (χ1v) is 9.79. The molecule has 0 bridgehead atoms. The Balaban J connectivity index is 2.03. The van der Waals surface area contributed by atoms with Crippen LogP contribution in [0, 0.1) is 0 Å². The number of nitrogens with one attached hydrogen (secondary N) is 2. The molecule has 1 aromatic carbocycles. The van der Waals surface area contributed by atoms with E-state index in [1.807, 2.05) is 4.72 Å². The Morgan fingerprint density at radius 2 is 1.75 bits per heavy atom. The molecule has 0 saturated heterocycles. The summed E-state index contributed by atoms with van der Waals surface area (Å²) in [4.78, 5) is 25.0. The first-order chi connectivity index (χ1) is 13.2. The lowest BCUT2D eigenvalue weighted by molar-refractivity contribution is 0.0975. The molecule has 0 aliphatic carbocycles. The number of alkyl carbamates (subject to hydrolysis) is 1. The summed E-state index contributed by atoms with van der Waals surface area (Å²) in [5.41, 5.74) is 0.549. The van der Waals surface area contributed by atoms with Gasteiger partial charge in [0.05, 0.1) is 11.5 Å². The number of nitrogens with zero attached hydrogens (tertiary/aromatic N) is 3. The molecule has 2 amide bonds. The molecule has 0 spiro atoms. The smallest absolute Gasteiger partial charge is 0.407 e. The number of benzene rings is 1. The summed E-state index contributed by atoms with van der Waals surface area (Å²) >= 11 is 0. The zero-order valence-corrected chi connectivity index (χ0v) is 16.5. The molecule has 0 fully saturated rings. The van der Waals surface area contributed by atoms with E-state index in [9.17, 15) is 18.0 Å². The number of hydrogen-bond acceptors (Lipinski definition) is 8. The normalized spacial score (nSPS) is 10.8. The number of sulfonamides is 1. The highest BCUT2D eigenvalue weighted by Crippen LogP contribution is 2.12. The van der Waals surface area contributed by atoms with Crippen molar-refractivity contribution in [1.82, 2.24) is 20.2 Å². The number of carbonyl (C=O) groups excluding carboxylic acids is 2. The second-order valence-electron chi connectivity index (χ2n) is 5.82. The van der Waals surface area contributed by atoms with E-state index in [0.29, 0.717) is 11.4 Å². The molecule has 0 aliphatic rings. The molecule has 0 atom stereocenters. The maximum atomic E-state index is 12.4. The van der Waals surface area contributed by atoms with Gasteiger partial charge in [-0.15, -0.1) is 10.2 Å². The van der Waals surface area contributed by atoms with Crippen LogP contribution in [0.4, 0.5) is 10.6 Å². The fourth-order valence-corrected chi connectivity index (χ4v) is 3.02. The molecular formula is C17H21N5O5S. The fraction of sp³-hybridized carbons (Fsp3) is 0.294. The fourth-order valence-electron chi connectivity index (χ4n) is 2.06. The minimum absolute atomic E-state index is 0.0985. The van der Waals surface area contributed by atoms with Gasteiger partial charge in [0.1, 0.15) is 0 Å². The first kappa shape index (κ1) is 21.1. The van der Waals surface area contributed by atoms with Crippen LogP contribution >= 0.6 is 0 Å². The average molecular weight is 407 g/mol. The predicted molar refractivity (Wildman–Crippen MR) is 101 cm³/mol. The molecule has 10 nitrogen and oxygen atoms in total. The van der Waals surface area contributed by atoms with Crippen LogP contribution in [0.5, 0.6) is 0 Å². The van der Waals surface area contributed by atoms with Crippen molar-refractivity contribution in [2.45, 2.75) is 18.4 Å². The molecule has 1 aromatic heterocycles. The molecule has 2 N–H and O–H groups in total. The van der Waals surface area contributed by atoms with Gasteiger partial charge in [-0.25, -0.2) is 17.9 Å². The lowest BCUT2D eigenvalue weighted by Gasteiger charge is -2.10. The summed E-state index contributed by atoms with van der Waals surface area (Å²) in [7, 11) is -0.552. The zero-order valence-electron chi connectivity index (χ0n) is 15.7. The topological polar surface area (TPSA) is 131 Å². The number of amides is 2. The lowest BCUT2D eigenvalue weighted by atomic mass is 10.2. The van der Waals surface area contributed by atoms with Crippen LogP contribution in [0.2, 0.25) is 0 Å². The quantitative estimate of drug-likeness (QED) is 0.692. The molecule has 1 heterocycles. The molecule has 11 heteroatoms. The van der Waals surface area contributed by atoms with Crippen LogP contribution in [0.1, 0.15) is 23.0 Å². The van der Waals surface area contributed by atoms with Crippen molar-refractivity contribution in [3.05, 3.63) is 47.7 Å². The van der Waals surface area contributed by atoms with Crippen molar-refractivity contribution in [2.75, 3.05) is 25.6 Å². The number of anilines is 1. The summed E-state index contributed by atoms with van der Waals surface area (Å²) in [6, 6.07) is 8.66. The molecule has 0 radical (unpaired) electrons. The molecule has 2 rings (SSSR count). The molecule has 2 aromatic rings. The van der Waals surface area contributed by atoms with E-state index in [2.05, 4.69) is 15.5 Å². The van der Waals surface area contributed by atoms with Crippen LogP contribution in [-0.4, -0.2) is 51.3 Å². The third-order valence-electron chi connectivity index (χ3n) is 3.51. The highest BCUT2D eigenvalue weighted by Gasteiger charge is 2.20. The maximum absolute atomic E-state index is 12.4. The van der Waals surface area contributed by atoms with Gasteiger partial charge >= 0.3 is 6.09 Å². The highest BCUT2D eigenvalue weighted by atomic mass is 32.2. The SMILES string of the molecule is CCOC(=O)NCc1ccc(S(=O)(=O)NC(=O)c2ccc(N(C)C)nn2)cc1. The lowest BCUT2D eigenvalue weighted by Crippen LogP contribution is -2.31. The van der Waals surface area contributed by atoms with E-state index in [-0.39, 0.29) is 23.7 Å². The predicted octanol–water partition coefficient (Wildman–Crippen LogP) is 0.907. The van der Waals surface area contributed by atoms with Gasteiger partial charge in [-0.2, -0.15) is 0 Å². The first-order valence-electron chi connectivity index (χ1n) is 8.30. The Kier molecular flexibility index (Phi) is 6.88. The number of rotatable bonds is 7. The molecule has 0 saturated carbocycles. The summed E-state index contributed by atoms with van der Waals surface area (Å²) in [6.45, 7) is 2.13. The molecule has 28 heavy (non-hydrogen) atoms. The summed E-state index contributed by atoms with van der Waals surface area (Å²) in [6.07, 6.45) is -0.562. The molecule has 0 unspecified atom stereocenters. The van der Waals surface area contributed by atoms with Gasteiger partial charge in [-0.1, -0.05) is 12.1 Å². The second-order valence-corrected chi connectivity index (χ2v) is 7.51. The van der Waals surface area contributed by atoms with Gasteiger partial charge in [0, 0.05) is 20.6 Å². The van der Waals surface area contributed by atoms with Gasteiger partial charge in [0.2, 0.25) is 0 Å². The third kappa shape index (κ3) is 5.64. The minimum atomic E-state index is -4.08. The minimum Gasteiger partial charge on any atom is -0.450 e. The van der Waals surface area contributed by atoms with Crippen molar-refractivity contribution < 1.29 is 22.7 Å². The van der Waals surface area contributed by atoms with E-state index in [1.165, 1.54) is 30.3 Å². The van der Waals surface area contributed by atoms with Gasteiger partial charge in [0.15, 0.2) is 11.5 Å². The Bertz CT molecular complexity index is 927. The van der Waals surface area contributed by atoms with Gasteiger partial charge in [-0.3, -0.25) is 4.79 Å². The van der Waals surface area contributed by atoms with E-state index < -0.39 is 22.0 Å². The molecule has 150 valence electrons. The largest absolute Gasteiger partial charge is 0.450 e. The second kappa shape index (κ2) is 9.13. The van der Waals surface area contributed by atoms with Crippen LogP contribution in [0.15, 0.2) is 41.3 Å².